The number of amides is 1. The van der Waals surface area contributed by atoms with Gasteiger partial charge >= 0.3 is 5.97 Å². The van der Waals surface area contributed by atoms with Crippen LogP contribution >= 0.6 is 0 Å². The Bertz CT molecular complexity index is 616. The van der Waals surface area contributed by atoms with E-state index >= 15 is 0 Å². The average molecular weight is 322 g/mol. The van der Waals surface area contributed by atoms with E-state index in [1.807, 2.05) is 0 Å². The number of anilines is 1. The number of carbonyl (C=O) groups is 2. The van der Waals surface area contributed by atoms with E-state index < -0.39 is 10.9 Å². The Morgan fingerprint density at radius 2 is 2.17 bits per heavy atom. The molecule has 1 aromatic rings. The summed E-state index contributed by atoms with van der Waals surface area (Å²) >= 11 is 0. The fraction of sp³-hybridized carbons (Fsp3) is 0.467. The lowest BCUT2D eigenvalue weighted by atomic mass is 10.1. The van der Waals surface area contributed by atoms with Gasteiger partial charge in [-0.3, -0.25) is 14.9 Å². The van der Waals surface area contributed by atoms with Crippen molar-refractivity contribution in [2.24, 2.45) is 0 Å². The van der Waals surface area contributed by atoms with Crippen molar-refractivity contribution in [1.29, 1.82) is 0 Å². The van der Waals surface area contributed by atoms with Crippen molar-refractivity contribution in [2.75, 3.05) is 24.7 Å². The quantitative estimate of drug-likeness (QED) is 0.451. The van der Waals surface area contributed by atoms with Crippen molar-refractivity contribution in [3.8, 4) is 5.75 Å². The van der Waals surface area contributed by atoms with E-state index in [2.05, 4.69) is 0 Å². The van der Waals surface area contributed by atoms with E-state index in [0.717, 1.165) is 12.8 Å². The van der Waals surface area contributed by atoms with Crippen molar-refractivity contribution >= 4 is 23.3 Å². The molecule has 1 heterocycles. The fourth-order valence-corrected chi connectivity index (χ4v) is 2.35. The number of nitrogens with zero attached hydrogens (tertiary/aromatic N) is 2. The Morgan fingerprint density at radius 3 is 2.83 bits per heavy atom. The molecule has 1 aliphatic heterocycles. The highest BCUT2D eigenvalue weighted by Gasteiger charge is 2.24. The van der Waals surface area contributed by atoms with Crippen LogP contribution in [0.3, 0.4) is 0 Å². The molecule has 0 N–H and O–H groups in total. The van der Waals surface area contributed by atoms with Crippen LogP contribution < -0.4 is 9.64 Å². The van der Waals surface area contributed by atoms with Crippen LogP contribution in [0.2, 0.25) is 0 Å². The highest BCUT2D eigenvalue weighted by Crippen LogP contribution is 2.34. The van der Waals surface area contributed by atoms with E-state index in [4.69, 9.17) is 9.47 Å². The van der Waals surface area contributed by atoms with Gasteiger partial charge in [0.1, 0.15) is 0 Å². The van der Waals surface area contributed by atoms with Crippen molar-refractivity contribution in [3.63, 3.8) is 0 Å². The maximum Gasteiger partial charge on any atom is 0.344 e. The van der Waals surface area contributed by atoms with Gasteiger partial charge in [-0.25, -0.2) is 4.79 Å². The van der Waals surface area contributed by atoms with E-state index in [-0.39, 0.29) is 30.6 Å². The van der Waals surface area contributed by atoms with Crippen LogP contribution in [-0.2, 0) is 14.3 Å². The van der Waals surface area contributed by atoms with Crippen LogP contribution in [0, 0.1) is 10.1 Å². The van der Waals surface area contributed by atoms with Crippen LogP contribution in [0.25, 0.3) is 0 Å². The predicted molar refractivity (Wildman–Crippen MR) is 81.4 cm³/mol. The van der Waals surface area contributed by atoms with Crippen molar-refractivity contribution < 1.29 is 24.0 Å². The number of carbonyl (C=O) groups excluding carboxylic acids is 2. The number of ether oxygens (including phenoxy) is 2. The molecule has 1 fully saturated rings. The summed E-state index contributed by atoms with van der Waals surface area (Å²) in [5.41, 5.74) is 0.265. The number of nitro groups is 1. The molecule has 0 aliphatic carbocycles. The smallest absolute Gasteiger partial charge is 0.344 e. The molecule has 124 valence electrons. The van der Waals surface area contributed by atoms with Gasteiger partial charge in [-0.15, -0.1) is 0 Å². The first-order chi connectivity index (χ1) is 11.0. The van der Waals surface area contributed by atoms with Crippen LogP contribution in [0.4, 0.5) is 11.4 Å². The fourth-order valence-electron chi connectivity index (χ4n) is 2.35. The number of esters is 1. The molecule has 1 aromatic carbocycles. The minimum Gasteiger partial charge on any atom is -0.479 e. The second-order valence-corrected chi connectivity index (χ2v) is 5.01. The van der Waals surface area contributed by atoms with E-state index in [0.29, 0.717) is 18.7 Å². The second-order valence-electron chi connectivity index (χ2n) is 5.01. The predicted octanol–water partition coefficient (Wildman–Crippen LogP) is 2.05. The van der Waals surface area contributed by atoms with E-state index in [1.165, 1.54) is 23.1 Å². The standard InChI is InChI=1S/C15H18N2O6/c1-2-22-15(19)10-23-13-9-11(17(20)21)6-7-12(13)16-8-4-3-5-14(16)18/h6-7,9H,2-5,8,10H2,1H3. The summed E-state index contributed by atoms with van der Waals surface area (Å²) in [6.07, 6.45) is 2.09. The highest BCUT2D eigenvalue weighted by molar-refractivity contribution is 5.95. The Kier molecular flexibility index (Phi) is 5.51. The molecule has 0 bridgehead atoms. The van der Waals surface area contributed by atoms with Gasteiger partial charge in [0.05, 0.1) is 23.3 Å². The summed E-state index contributed by atoms with van der Waals surface area (Å²) in [6, 6.07) is 4.01. The maximum atomic E-state index is 12.1. The van der Waals surface area contributed by atoms with Gasteiger partial charge in [0.15, 0.2) is 12.4 Å². The lowest BCUT2D eigenvalue weighted by Crippen LogP contribution is -2.35. The molecule has 0 saturated carbocycles. The summed E-state index contributed by atoms with van der Waals surface area (Å²) in [5, 5.41) is 10.9. The number of non-ortho nitro benzene ring substituents is 1. The number of benzene rings is 1. The van der Waals surface area contributed by atoms with Crippen LogP contribution in [0.5, 0.6) is 5.75 Å². The minimum absolute atomic E-state index is 0.0638. The zero-order valence-corrected chi connectivity index (χ0v) is 12.8. The third kappa shape index (κ3) is 4.18. The third-order valence-corrected chi connectivity index (χ3v) is 3.42. The Labute approximate surface area is 133 Å². The van der Waals surface area contributed by atoms with Gasteiger partial charge in [0, 0.05) is 19.0 Å². The van der Waals surface area contributed by atoms with Crippen molar-refractivity contribution in [2.45, 2.75) is 26.2 Å². The first kappa shape index (κ1) is 16.7. The molecule has 2 rings (SSSR count). The summed E-state index contributed by atoms with van der Waals surface area (Å²) in [7, 11) is 0. The molecule has 0 spiro atoms. The first-order valence-corrected chi connectivity index (χ1v) is 7.40. The Balaban J connectivity index is 2.27. The van der Waals surface area contributed by atoms with Crippen LogP contribution in [-0.4, -0.2) is 36.6 Å². The topological polar surface area (TPSA) is 99.0 Å². The van der Waals surface area contributed by atoms with Gasteiger partial charge in [0.2, 0.25) is 5.91 Å². The summed E-state index contributed by atoms with van der Waals surface area (Å²) in [6.45, 7) is 2.04. The van der Waals surface area contributed by atoms with Gasteiger partial charge in [0.25, 0.3) is 5.69 Å². The van der Waals surface area contributed by atoms with Gasteiger partial charge < -0.3 is 14.4 Å². The molecule has 8 heteroatoms. The normalized spacial score (nSPS) is 14.5. The molecule has 0 atom stereocenters. The molecule has 0 unspecified atom stereocenters. The van der Waals surface area contributed by atoms with Gasteiger partial charge in [-0.2, -0.15) is 0 Å². The number of hydrogen-bond donors (Lipinski definition) is 0. The van der Waals surface area contributed by atoms with E-state index in [9.17, 15) is 19.7 Å². The third-order valence-electron chi connectivity index (χ3n) is 3.42. The van der Waals surface area contributed by atoms with E-state index in [1.54, 1.807) is 6.92 Å². The molecule has 0 radical (unpaired) electrons. The molecule has 8 nitrogen and oxygen atoms in total. The lowest BCUT2D eigenvalue weighted by Gasteiger charge is -2.28. The second kappa shape index (κ2) is 7.57. The lowest BCUT2D eigenvalue weighted by molar-refractivity contribution is -0.384. The first-order valence-electron chi connectivity index (χ1n) is 7.40. The Morgan fingerprint density at radius 1 is 1.39 bits per heavy atom. The Hall–Kier alpha value is -2.64. The number of hydrogen-bond acceptors (Lipinski definition) is 6. The largest absolute Gasteiger partial charge is 0.479 e. The zero-order valence-electron chi connectivity index (χ0n) is 12.8. The summed E-state index contributed by atoms with van der Waals surface area (Å²) < 4.78 is 10.1. The SMILES string of the molecule is CCOC(=O)COc1cc([N+](=O)[O-])ccc1N1CCCCC1=O. The molecular formula is C15H18N2O6. The molecule has 0 aromatic heterocycles. The van der Waals surface area contributed by atoms with Crippen LogP contribution in [0.15, 0.2) is 18.2 Å². The zero-order chi connectivity index (χ0) is 16.8. The number of nitro benzene ring substituents is 1. The van der Waals surface area contributed by atoms with Crippen LogP contribution in [0.1, 0.15) is 26.2 Å². The average Bonchev–Trinajstić information content (AvgIpc) is 2.53. The highest BCUT2D eigenvalue weighted by atomic mass is 16.6. The summed E-state index contributed by atoms with van der Waals surface area (Å²) in [4.78, 5) is 35.4. The van der Waals surface area contributed by atoms with Gasteiger partial charge in [-0.1, -0.05) is 0 Å². The summed E-state index contributed by atoms with van der Waals surface area (Å²) in [5.74, 6) is -0.511. The van der Waals surface area contributed by atoms with Crippen molar-refractivity contribution in [3.05, 3.63) is 28.3 Å². The molecule has 1 aliphatic rings. The maximum absolute atomic E-state index is 12.1. The monoisotopic (exact) mass is 322 g/mol. The number of piperidine rings is 1. The molecular weight excluding hydrogens is 304 g/mol. The molecule has 23 heavy (non-hydrogen) atoms. The van der Waals surface area contributed by atoms with Crippen molar-refractivity contribution in [1.82, 2.24) is 0 Å². The van der Waals surface area contributed by atoms with Gasteiger partial charge in [-0.05, 0) is 25.8 Å². The molecule has 1 amide bonds. The minimum atomic E-state index is -0.574. The molecule has 1 saturated heterocycles. The number of rotatable bonds is 6.